The minimum atomic E-state index is -0.280. The molecule has 1 aliphatic carbocycles. The lowest BCUT2D eigenvalue weighted by atomic mass is 9.78. The third kappa shape index (κ3) is 4.25. The topological polar surface area (TPSA) is 50.4 Å². The highest BCUT2D eigenvalue weighted by Crippen LogP contribution is 2.45. The Morgan fingerprint density at radius 1 is 0.879 bits per heavy atom. The third-order valence-electron chi connectivity index (χ3n) is 6.45. The van der Waals surface area contributed by atoms with Crippen LogP contribution < -0.4 is 15.4 Å². The zero-order valence-corrected chi connectivity index (χ0v) is 19.4. The van der Waals surface area contributed by atoms with Gasteiger partial charge in [-0.3, -0.25) is 4.79 Å². The fourth-order valence-corrected chi connectivity index (χ4v) is 4.88. The molecular weight excluding hydrogens is 408 g/mol. The summed E-state index contributed by atoms with van der Waals surface area (Å²) < 4.78 is 6.15. The fraction of sp³-hybridized carbons (Fsp3) is 0.276. The van der Waals surface area contributed by atoms with Gasteiger partial charge in [-0.1, -0.05) is 60.2 Å². The molecule has 0 aromatic heterocycles. The number of carbonyl (C=O) groups excluding carboxylic acids is 1. The minimum Gasteiger partial charge on any atom is -0.491 e. The molecule has 0 spiro atoms. The molecule has 2 atom stereocenters. The molecule has 0 saturated carbocycles. The van der Waals surface area contributed by atoms with Crippen molar-refractivity contribution >= 4 is 17.2 Å². The molecule has 4 nitrogen and oxygen atoms in total. The van der Waals surface area contributed by atoms with Gasteiger partial charge in [-0.2, -0.15) is 0 Å². The summed E-state index contributed by atoms with van der Waals surface area (Å²) >= 11 is 0. The monoisotopic (exact) mass is 438 g/mol. The lowest BCUT2D eigenvalue weighted by molar-refractivity contribution is -0.116. The first kappa shape index (κ1) is 21.3. The van der Waals surface area contributed by atoms with E-state index in [1.807, 2.05) is 44.2 Å². The van der Waals surface area contributed by atoms with Crippen LogP contribution in [0.3, 0.4) is 0 Å². The molecule has 3 aromatic rings. The largest absolute Gasteiger partial charge is 0.491 e. The van der Waals surface area contributed by atoms with E-state index in [0.717, 1.165) is 40.4 Å². The van der Waals surface area contributed by atoms with Gasteiger partial charge < -0.3 is 15.4 Å². The van der Waals surface area contributed by atoms with Crippen LogP contribution in [0.1, 0.15) is 55.3 Å². The maximum absolute atomic E-state index is 13.7. The molecule has 168 valence electrons. The number of ether oxygens (including phenoxy) is 1. The number of carbonyl (C=O) groups is 1. The van der Waals surface area contributed by atoms with Gasteiger partial charge in [0.25, 0.3) is 0 Å². The Hall–Kier alpha value is -3.53. The van der Waals surface area contributed by atoms with Crippen LogP contribution >= 0.6 is 0 Å². The minimum absolute atomic E-state index is 0.0452. The van der Waals surface area contributed by atoms with Crippen LogP contribution in [0.5, 0.6) is 5.75 Å². The number of hydrogen-bond acceptors (Lipinski definition) is 4. The van der Waals surface area contributed by atoms with Gasteiger partial charge in [-0.25, -0.2) is 0 Å². The van der Waals surface area contributed by atoms with Crippen LogP contribution in [-0.4, -0.2) is 11.9 Å². The van der Waals surface area contributed by atoms with Gasteiger partial charge >= 0.3 is 0 Å². The first-order valence-corrected chi connectivity index (χ1v) is 11.7. The molecule has 0 radical (unpaired) electrons. The molecule has 33 heavy (non-hydrogen) atoms. The van der Waals surface area contributed by atoms with E-state index in [0.29, 0.717) is 6.42 Å². The van der Waals surface area contributed by atoms with E-state index < -0.39 is 0 Å². The molecule has 2 aliphatic rings. The van der Waals surface area contributed by atoms with Gasteiger partial charge in [-0.05, 0) is 56.9 Å². The van der Waals surface area contributed by atoms with Crippen LogP contribution in [0.2, 0.25) is 0 Å². The second-order valence-corrected chi connectivity index (χ2v) is 9.28. The Bertz CT molecular complexity index is 1210. The van der Waals surface area contributed by atoms with Crippen LogP contribution in [0.4, 0.5) is 11.4 Å². The van der Waals surface area contributed by atoms with Crippen LogP contribution in [0.25, 0.3) is 0 Å². The molecule has 0 saturated heterocycles. The molecule has 0 bridgehead atoms. The number of rotatable bonds is 4. The summed E-state index contributed by atoms with van der Waals surface area (Å²) in [6, 6.07) is 24.5. The van der Waals surface area contributed by atoms with Gasteiger partial charge in [0, 0.05) is 23.3 Å². The molecular formula is C29H30N2O2. The molecule has 0 amide bonds. The predicted molar refractivity (Wildman–Crippen MR) is 134 cm³/mol. The quantitative estimate of drug-likeness (QED) is 0.472. The van der Waals surface area contributed by atoms with Crippen molar-refractivity contribution < 1.29 is 9.53 Å². The van der Waals surface area contributed by atoms with Gasteiger partial charge in [0.15, 0.2) is 5.78 Å². The molecule has 2 N–H and O–H groups in total. The Balaban J connectivity index is 1.61. The van der Waals surface area contributed by atoms with Crippen molar-refractivity contribution in [2.24, 2.45) is 0 Å². The number of Topliss-reactive ketones (excluding diaryl/α,β-unsaturated/α-hetero) is 1. The summed E-state index contributed by atoms with van der Waals surface area (Å²) in [5.74, 6) is 1.15. The van der Waals surface area contributed by atoms with Crippen molar-refractivity contribution in [3.63, 3.8) is 0 Å². The third-order valence-corrected chi connectivity index (χ3v) is 6.45. The Kier molecular flexibility index (Phi) is 5.67. The number of hydrogen-bond donors (Lipinski definition) is 2. The van der Waals surface area contributed by atoms with E-state index in [-0.39, 0.29) is 23.8 Å². The van der Waals surface area contributed by atoms with Gasteiger partial charge in [0.2, 0.25) is 0 Å². The summed E-state index contributed by atoms with van der Waals surface area (Å²) in [5.41, 5.74) is 7.22. The number of fused-ring (bicyclic) bond motifs is 1. The molecule has 5 rings (SSSR count). The SMILES string of the molecule is Cc1ccc([C@H]2CC(=O)C3=C(C2)Nc2ccccc2N[C@H]3c2ccccc2OC(C)C)cc1. The average Bonchev–Trinajstić information content (AvgIpc) is 2.96. The molecule has 4 heteroatoms. The van der Waals surface area contributed by atoms with Gasteiger partial charge in [0.1, 0.15) is 5.75 Å². The van der Waals surface area contributed by atoms with E-state index in [9.17, 15) is 4.79 Å². The second-order valence-electron chi connectivity index (χ2n) is 9.28. The van der Waals surface area contributed by atoms with Crippen molar-refractivity contribution in [1.29, 1.82) is 0 Å². The summed E-state index contributed by atoms with van der Waals surface area (Å²) in [4.78, 5) is 13.7. The summed E-state index contributed by atoms with van der Waals surface area (Å²) in [7, 11) is 0. The molecule has 0 fully saturated rings. The first-order chi connectivity index (χ1) is 16.0. The number of ketones is 1. The highest BCUT2D eigenvalue weighted by atomic mass is 16.5. The zero-order valence-electron chi connectivity index (χ0n) is 19.4. The highest BCUT2D eigenvalue weighted by molar-refractivity contribution is 6.01. The van der Waals surface area contributed by atoms with Crippen molar-refractivity contribution in [3.05, 3.63) is 101 Å². The van der Waals surface area contributed by atoms with E-state index in [1.165, 1.54) is 11.1 Å². The Morgan fingerprint density at radius 3 is 2.33 bits per heavy atom. The van der Waals surface area contributed by atoms with Crippen LogP contribution in [0, 0.1) is 6.92 Å². The van der Waals surface area contributed by atoms with E-state index in [1.54, 1.807) is 0 Å². The predicted octanol–water partition coefficient (Wildman–Crippen LogP) is 6.76. The van der Waals surface area contributed by atoms with E-state index in [2.05, 4.69) is 60.0 Å². The standard InChI is InChI=1S/C29H30N2O2/c1-18(2)33-27-11-7-4-8-22(27)29-28-25(30-23-9-5-6-10-24(23)31-29)16-21(17-26(28)32)20-14-12-19(3)13-15-20/h4-15,18,21,29-31H,16-17H2,1-3H3/t21-,29+/m1/s1. The van der Waals surface area contributed by atoms with E-state index >= 15 is 0 Å². The van der Waals surface area contributed by atoms with Crippen LogP contribution in [0.15, 0.2) is 84.1 Å². The van der Waals surface area contributed by atoms with Crippen molar-refractivity contribution in [2.75, 3.05) is 10.6 Å². The number of nitrogens with one attached hydrogen (secondary N) is 2. The number of para-hydroxylation sites is 3. The van der Waals surface area contributed by atoms with Crippen LogP contribution in [-0.2, 0) is 4.79 Å². The lowest BCUT2D eigenvalue weighted by Gasteiger charge is -2.30. The summed E-state index contributed by atoms with van der Waals surface area (Å²) in [6.07, 6.45) is 1.35. The number of anilines is 2. The lowest BCUT2D eigenvalue weighted by Crippen LogP contribution is -2.27. The molecule has 3 aromatic carbocycles. The van der Waals surface area contributed by atoms with Crippen molar-refractivity contribution in [3.8, 4) is 5.75 Å². The average molecular weight is 439 g/mol. The molecule has 1 aliphatic heterocycles. The summed E-state index contributed by atoms with van der Waals surface area (Å²) in [6.45, 7) is 6.14. The maximum Gasteiger partial charge on any atom is 0.163 e. The highest BCUT2D eigenvalue weighted by Gasteiger charge is 2.37. The zero-order chi connectivity index (χ0) is 22.9. The normalized spacial score (nSPS) is 19.8. The summed E-state index contributed by atoms with van der Waals surface area (Å²) in [5, 5.41) is 7.28. The van der Waals surface area contributed by atoms with Gasteiger partial charge in [0.05, 0.1) is 23.5 Å². The molecule has 1 heterocycles. The fourth-order valence-electron chi connectivity index (χ4n) is 4.88. The van der Waals surface area contributed by atoms with E-state index in [4.69, 9.17) is 4.74 Å². The number of allylic oxidation sites excluding steroid dienone is 1. The smallest absolute Gasteiger partial charge is 0.163 e. The Morgan fingerprint density at radius 2 is 1.58 bits per heavy atom. The Labute approximate surface area is 195 Å². The van der Waals surface area contributed by atoms with Crippen molar-refractivity contribution in [1.82, 2.24) is 0 Å². The van der Waals surface area contributed by atoms with Gasteiger partial charge in [-0.15, -0.1) is 0 Å². The molecule has 0 unspecified atom stereocenters. The maximum atomic E-state index is 13.7. The number of aryl methyl sites for hydroxylation is 1. The van der Waals surface area contributed by atoms with Crippen molar-refractivity contribution in [2.45, 2.75) is 51.7 Å². The first-order valence-electron chi connectivity index (χ1n) is 11.7. The number of benzene rings is 3. The second kappa shape index (κ2) is 8.78.